The number of nitrogens with zero attached hydrogens (tertiary/aromatic N) is 1. The van der Waals surface area contributed by atoms with Crippen molar-refractivity contribution in [2.24, 2.45) is 23.2 Å². The number of aromatic nitrogens is 1. The van der Waals surface area contributed by atoms with Gasteiger partial charge >= 0.3 is 5.97 Å². The Morgan fingerprint density at radius 1 is 1.09 bits per heavy atom. The van der Waals surface area contributed by atoms with E-state index in [4.69, 9.17) is 4.74 Å². The normalized spacial score (nSPS) is 32.5. The van der Waals surface area contributed by atoms with Crippen LogP contribution in [0.4, 0.5) is 0 Å². The van der Waals surface area contributed by atoms with Crippen LogP contribution in [-0.2, 0) is 14.3 Å². The maximum Gasteiger partial charge on any atom is 0.308 e. The van der Waals surface area contributed by atoms with E-state index in [1.807, 2.05) is 38.1 Å². The lowest BCUT2D eigenvalue weighted by molar-refractivity contribution is -0.156. The molecule has 6 heteroatoms. The van der Waals surface area contributed by atoms with Gasteiger partial charge in [0.15, 0.2) is 0 Å². The van der Waals surface area contributed by atoms with E-state index in [0.717, 1.165) is 22.6 Å². The van der Waals surface area contributed by atoms with E-state index in [0.29, 0.717) is 12.8 Å². The first-order chi connectivity index (χ1) is 16.5. The van der Waals surface area contributed by atoms with Crippen LogP contribution in [0, 0.1) is 23.2 Å². The minimum absolute atomic E-state index is 0.0461. The number of pyridine rings is 1. The SMILES string of the molecule is CC1=CC[C@@H](C2C=c3ncccc3=CC2)OC(=O)C[C@H](O)C(C)(C)C(=O)[C@H](C)[C@@H](O)[C@@H](C)CC=C1. The van der Waals surface area contributed by atoms with E-state index in [1.165, 1.54) is 0 Å². The molecule has 0 fully saturated rings. The highest BCUT2D eigenvalue weighted by Gasteiger charge is 2.42. The summed E-state index contributed by atoms with van der Waals surface area (Å²) < 4.78 is 5.91. The van der Waals surface area contributed by atoms with Crippen molar-refractivity contribution in [1.29, 1.82) is 0 Å². The molecular formula is C29H39NO5. The van der Waals surface area contributed by atoms with Crippen molar-refractivity contribution in [2.45, 2.75) is 78.6 Å². The zero-order valence-electron chi connectivity index (χ0n) is 21.5. The van der Waals surface area contributed by atoms with Crippen LogP contribution in [0.2, 0.25) is 0 Å². The van der Waals surface area contributed by atoms with Gasteiger partial charge in [0.1, 0.15) is 11.9 Å². The standard InChI is InChI=1S/C29H39NO5/c1-18-8-6-9-19(2)27(33)20(3)28(34)29(4,5)25(31)17-26(32)35-24(14-11-18)22-13-12-21-10-7-15-30-23(21)16-22/h6-8,10-12,15-16,19-20,22,24-25,27,31,33H,9,13-14,17H2,1-5H3/t19-,20+,22?,24-,25-,27-/m0/s1. The number of carbonyl (C=O) groups excluding carboxylic acids is 2. The van der Waals surface area contributed by atoms with Crippen LogP contribution < -0.4 is 10.6 Å². The lowest BCUT2D eigenvalue weighted by Crippen LogP contribution is -2.45. The highest BCUT2D eigenvalue weighted by molar-refractivity contribution is 5.88. The lowest BCUT2D eigenvalue weighted by atomic mass is 9.73. The van der Waals surface area contributed by atoms with Crippen LogP contribution >= 0.6 is 0 Å². The summed E-state index contributed by atoms with van der Waals surface area (Å²) in [7, 11) is 0. The van der Waals surface area contributed by atoms with Crippen LogP contribution in [0.5, 0.6) is 0 Å². The van der Waals surface area contributed by atoms with Gasteiger partial charge in [-0.1, -0.05) is 69.7 Å². The Morgan fingerprint density at radius 2 is 1.83 bits per heavy atom. The Bertz CT molecular complexity index is 1100. The molecule has 1 aromatic rings. The highest BCUT2D eigenvalue weighted by Crippen LogP contribution is 2.32. The summed E-state index contributed by atoms with van der Waals surface area (Å²) in [5.74, 6) is -1.65. The molecule has 2 N–H and O–H groups in total. The van der Waals surface area contributed by atoms with Gasteiger partial charge in [-0.05, 0) is 37.0 Å². The van der Waals surface area contributed by atoms with Crippen molar-refractivity contribution in [1.82, 2.24) is 4.98 Å². The second-order valence-corrected chi connectivity index (χ2v) is 10.7. The van der Waals surface area contributed by atoms with Gasteiger partial charge in [0, 0.05) is 24.5 Å². The van der Waals surface area contributed by atoms with Crippen LogP contribution in [0.15, 0.2) is 42.1 Å². The van der Waals surface area contributed by atoms with Crippen molar-refractivity contribution in [2.75, 3.05) is 0 Å². The summed E-state index contributed by atoms with van der Waals surface area (Å²) in [5.41, 5.74) is -0.172. The number of carbonyl (C=O) groups is 2. The zero-order chi connectivity index (χ0) is 25.8. The summed E-state index contributed by atoms with van der Waals surface area (Å²) in [6, 6.07) is 3.92. The fraction of sp³-hybridized carbons (Fsp3) is 0.552. The second kappa shape index (κ2) is 11.4. The second-order valence-electron chi connectivity index (χ2n) is 10.7. The molecule has 3 rings (SSSR count). The van der Waals surface area contributed by atoms with E-state index in [1.54, 1.807) is 27.0 Å². The van der Waals surface area contributed by atoms with E-state index in [9.17, 15) is 19.8 Å². The Kier molecular flexibility index (Phi) is 8.84. The van der Waals surface area contributed by atoms with E-state index in [-0.39, 0.29) is 24.0 Å². The Balaban J connectivity index is 1.91. The first-order valence-corrected chi connectivity index (χ1v) is 12.6. The molecule has 0 saturated heterocycles. The smallest absolute Gasteiger partial charge is 0.308 e. The molecule has 1 aliphatic heterocycles. The molecule has 2 heterocycles. The van der Waals surface area contributed by atoms with Crippen molar-refractivity contribution < 1.29 is 24.5 Å². The molecule has 1 aliphatic carbocycles. The number of rotatable bonds is 1. The number of ether oxygens (including phenoxy) is 1. The van der Waals surface area contributed by atoms with Gasteiger partial charge < -0.3 is 14.9 Å². The minimum Gasteiger partial charge on any atom is -0.461 e. The third-order valence-corrected chi connectivity index (χ3v) is 7.51. The van der Waals surface area contributed by atoms with E-state index >= 15 is 0 Å². The number of ketones is 1. The molecule has 1 aromatic heterocycles. The summed E-state index contributed by atoms with van der Waals surface area (Å²) in [6.07, 6.45) is 11.1. The lowest BCUT2D eigenvalue weighted by Gasteiger charge is -2.34. The third-order valence-electron chi connectivity index (χ3n) is 7.51. The van der Waals surface area contributed by atoms with Crippen molar-refractivity contribution in [3.8, 4) is 0 Å². The minimum atomic E-state index is -1.22. The molecule has 0 saturated carbocycles. The number of aliphatic hydroxyl groups excluding tert-OH is 2. The average molecular weight is 482 g/mol. The number of Topliss-reactive ketones (excluding diaryl/α,β-unsaturated/α-hetero) is 1. The summed E-state index contributed by atoms with van der Waals surface area (Å²) in [6.45, 7) is 8.84. The topological polar surface area (TPSA) is 96.7 Å². The predicted molar refractivity (Wildman–Crippen MR) is 136 cm³/mol. The first kappa shape index (κ1) is 27.0. The van der Waals surface area contributed by atoms with Crippen LogP contribution in [-0.4, -0.2) is 45.3 Å². The highest BCUT2D eigenvalue weighted by atomic mass is 16.5. The summed E-state index contributed by atoms with van der Waals surface area (Å²) >= 11 is 0. The Hall–Kier alpha value is -2.57. The van der Waals surface area contributed by atoms with E-state index < -0.39 is 35.6 Å². The molecule has 190 valence electrons. The van der Waals surface area contributed by atoms with Gasteiger partial charge in [-0.3, -0.25) is 14.6 Å². The van der Waals surface area contributed by atoms with E-state index in [2.05, 4.69) is 23.2 Å². The molecule has 6 nitrogen and oxygen atoms in total. The molecule has 6 atom stereocenters. The molecule has 2 aliphatic rings. The Morgan fingerprint density at radius 3 is 2.57 bits per heavy atom. The fourth-order valence-corrected chi connectivity index (χ4v) is 4.85. The van der Waals surface area contributed by atoms with Crippen LogP contribution in [0.1, 0.15) is 60.3 Å². The largest absolute Gasteiger partial charge is 0.461 e. The molecule has 0 aromatic carbocycles. The predicted octanol–water partition coefficient (Wildman–Crippen LogP) is 2.85. The number of allylic oxidation sites excluding steroid dienone is 3. The van der Waals surface area contributed by atoms with Gasteiger partial charge in [-0.15, -0.1) is 0 Å². The van der Waals surface area contributed by atoms with Gasteiger partial charge in [0.05, 0.1) is 29.4 Å². The number of hydrogen-bond acceptors (Lipinski definition) is 6. The van der Waals surface area contributed by atoms with Gasteiger partial charge in [-0.2, -0.15) is 0 Å². The Labute approximate surface area is 208 Å². The van der Waals surface area contributed by atoms with Gasteiger partial charge in [0.25, 0.3) is 0 Å². The summed E-state index contributed by atoms with van der Waals surface area (Å²) in [4.78, 5) is 30.6. The van der Waals surface area contributed by atoms with Gasteiger partial charge in [-0.25, -0.2) is 0 Å². The van der Waals surface area contributed by atoms with Crippen molar-refractivity contribution >= 4 is 23.9 Å². The molecule has 0 spiro atoms. The van der Waals surface area contributed by atoms with Crippen LogP contribution in [0.3, 0.4) is 0 Å². The maximum absolute atomic E-state index is 13.2. The monoisotopic (exact) mass is 481 g/mol. The third kappa shape index (κ3) is 6.56. The number of aliphatic hydroxyl groups is 2. The molecule has 35 heavy (non-hydrogen) atoms. The van der Waals surface area contributed by atoms with Crippen molar-refractivity contribution in [3.05, 3.63) is 52.7 Å². The molecule has 0 amide bonds. The number of fused-ring (bicyclic) bond motifs is 1. The summed E-state index contributed by atoms with van der Waals surface area (Å²) in [5, 5.41) is 23.6. The first-order valence-electron chi connectivity index (χ1n) is 12.6. The molecular weight excluding hydrogens is 442 g/mol. The molecule has 0 radical (unpaired) electrons. The quantitative estimate of drug-likeness (QED) is 0.599. The zero-order valence-corrected chi connectivity index (χ0v) is 21.5. The van der Waals surface area contributed by atoms with Crippen molar-refractivity contribution in [3.63, 3.8) is 0 Å². The number of hydrogen-bond donors (Lipinski definition) is 2. The average Bonchev–Trinajstić information content (AvgIpc) is 2.84. The fourth-order valence-electron chi connectivity index (χ4n) is 4.85. The number of esters is 1. The molecule has 1 unspecified atom stereocenters. The van der Waals surface area contributed by atoms with Crippen LogP contribution in [0.25, 0.3) is 12.2 Å². The van der Waals surface area contributed by atoms with Gasteiger partial charge in [0.2, 0.25) is 0 Å². The molecule has 0 bridgehead atoms. The number of cyclic esters (lactones) is 1. The maximum atomic E-state index is 13.2.